The SMILES string of the molecule is CCCCC(O)(CC)C[C@H](CC)[C@@H](O)CC(=O)OCC. The average molecular weight is 288 g/mol. The van der Waals surface area contributed by atoms with Gasteiger partial charge < -0.3 is 14.9 Å². The lowest BCUT2D eigenvalue weighted by Gasteiger charge is -2.33. The minimum absolute atomic E-state index is 0.0138. The van der Waals surface area contributed by atoms with Crippen LogP contribution in [0.4, 0.5) is 0 Å². The van der Waals surface area contributed by atoms with Crippen LogP contribution in [0.15, 0.2) is 0 Å². The Kier molecular flexibility index (Phi) is 9.86. The molecule has 0 amide bonds. The summed E-state index contributed by atoms with van der Waals surface area (Å²) in [6.45, 7) is 8.14. The first-order chi connectivity index (χ1) is 9.42. The first kappa shape index (κ1) is 19.4. The maximum atomic E-state index is 11.4. The topological polar surface area (TPSA) is 66.8 Å². The highest BCUT2D eigenvalue weighted by Gasteiger charge is 2.31. The van der Waals surface area contributed by atoms with Crippen LogP contribution in [0.5, 0.6) is 0 Å². The Morgan fingerprint density at radius 3 is 2.35 bits per heavy atom. The van der Waals surface area contributed by atoms with Gasteiger partial charge in [-0.1, -0.05) is 40.0 Å². The molecule has 0 heterocycles. The fourth-order valence-electron chi connectivity index (χ4n) is 2.53. The number of aliphatic hydroxyl groups is 2. The van der Waals surface area contributed by atoms with Gasteiger partial charge in [-0.2, -0.15) is 0 Å². The van der Waals surface area contributed by atoms with Crippen molar-refractivity contribution in [3.8, 4) is 0 Å². The third-order valence-corrected chi connectivity index (χ3v) is 4.05. The van der Waals surface area contributed by atoms with Crippen molar-refractivity contribution in [1.29, 1.82) is 0 Å². The molecule has 1 unspecified atom stereocenters. The second kappa shape index (κ2) is 10.2. The summed E-state index contributed by atoms with van der Waals surface area (Å²) in [5.41, 5.74) is -0.730. The van der Waals surface area contributed by atoms with Crippen molar-refractivity contribution in [1.82, 2.24) is 0 Å². The molecule has 0 aliphatic rings. The van der Waals surface area contributed by atoms with Crippen LogP contribution in [0.3, 0.4) is 0 Å². The van der Waals surface area contributed by atoms with Crippen molar-refractivity contribution in [2.75, 3.05) is 6.61 Å². The quantitative estimate of drug-likeness (QED) is 0.573. The van der Waals surface area contributed by atoms with E-state index < -0.39 is 11.7 Å². The van der Waals surface area contributed by atoms with Crippen LogP contribution in [0.1, 0.15) is 72.6 Å². The van der Waals surface area contributed by atoms with Crippen LogP contribution in [-0.4, -0.2) is 34.5 Å². The minimum atomic E-state index is -0.737. The molecule has 0 bridgehead atoms. The molecule has 0 aliphatic heterocycles. The van der Waals surface area contributed by atoms with Gasteiger partial charge in [0.25, 0.3) is 0 Å². The van der Waals surface area contributed by atoms with Gasteiger partial charge in [-0.15, -0.1) is 0 Å². The van der Waals surface area contributed by atoms with Crippen molar-refractivity contribution in [2.24, 2.45) is 5.92 Å². The number of hydrogen-bond acceptors (Lipinski definition) is 4. The van der Waals surface area contributed by atoms with Gasteiger partial charge in [0.1, 0.15) is 0 Å². The summed E-state index contributed by atoms with van der Waals surface area (Å²) >= 11 is 0. The lowest BCUT2D eigenvalue weighted by molar-refractivity contribution is -0.146. The van der Waals surface area contributed by atoms with E-state index in [1.165, 1.54) is 0 Å². The molecule has 0 fully saturated rings. The summed E-state index contributed by atoms with van der Waals surface area (Å²) in [7, 11) is 0. The normalized spacial score (nSPS) is 17.3. The van der Waals surface area contributed by atoms with Crippen molar-refractivity contribution in [2.45, 2.75) is 84.3 Å². The molecule has 0 saturated heterocycles. The Morgan fingerprint density at radius 2 is 1.90 bits per heavy atom. The lowest BCUT2D eigenvalue weighted by atomic mass is 9.80. The summed E-state index contributed by atoms with van der Waals surface area (Å²) in [5.74, 6) is -0.437. The maximum absolute atomic E-state index is 11.4. The van der Waals surface area contributed by atoms with Crippen molar-refractivity contribution in [3.05, 3.63) is 0 Å². The Bertz CT molecular complexity index is 267. The molecule has 20 heavy (non-hydrogen) atoms. The molecule has 0 aromatic heterocycles. The first-order valence-electron chi connectivity index (χ1n) is 7.98. The van der Waals surface area contributed by atoms with E-state index >= 15 is 0 Å². The number of unbranched alkanes of at least 4 members (excludes halogenated alkanes) is 1. The van der Waals surface area contributed by atoms with E-state index in [1.807, 2.05) is 13.8 Å². The fraction of sp³-hybridized carbons (Fsp3) is 0.938. The second-order valence-electron chi connectivity index (χ2n) is 5.63. The first-order valence-corrected chi connectivity index (χ1v) is 7.98. The van der Waals surface area contributed by atoms with Gasteiger partial charge in [-0.05, 0) is 32.1 Å². The zero-order valence-electron chi connectivity index (χ0n) is 13.5. The molecule has 4 nitrogen and oxygen atoms in total. The molecule has 0 aliphatic carbocycles. The summed E-state index contributed by atoms with van der Waals surface area (Å²) in [6, 6.07) is 0. The summed E-state index contributed by atoms with van der Waals surface area (Å²) in [6.07, 6.45) is 4.02. The highest BCUT2D eigenvalue weighted by molar-refractivity contribution is 5.69. The maximum Gasteiger partial charge on any atom is 0.308 e. The smallest absolute Gasteiger partial charge is 0.308 e. The van der Waals surface area contributed by atoms with Crippen LogP contribution in [0.2, 0.25) is 0 Å². The molecule has 4 heteroatoms. The number of hydrogen-bond donors (Lipinski definition) is 2. The predicted molar refractivity (Wildman–Crippen MR) is 80.4 cm³/mol. The van der Waals surface area contributed by atoms with E-state index in [9.17, 15) is 15.0 Å². The number of esters is 1. The zero-order valence-corrected chi connectivity index (χ0v) is 13.5. The predicted octanol–water partition coefficient (Wildman–Crippen LogP) is 3.05. The molecule has 0 rings (SSSR count). The third-order valence-electron chi connectivity index (χ3n) is 4.05. The lowest BCUT2D eigenvalue weighted by Crippen LogP contribution is -2.35. The molecule has 0 spiro atoms. The van der Waals surface area contributed by atoms with Crippen LogP contribution < -0.4 is 0 Å². The summed E-state index contributed by atoms with van der Waals surface area (Å²) < 4.78 is 4.87. The number of carbonyl (C=O) groups excluding carboxylic acids is 1. The largest absolute Gasteiger partial charge is 0.466 e. The van der Waals surface area contributed by atoms with Gasteiger partial charge in [-0.25, -0.2) is 0 Å². The number of ether oxygens (including phenoxy) is 1. The minimum Gasteiger partial charge on any atom is -0.466 e. The molecule has 120 valence electrons. The molecule has 0 aromatic carbocycles. The van der Waals surface area contributed by atoms with Gasteiger partial charge >= 0.3 is 5.97 Å². The second-order valence-corrected chi connectivity index (χ2v) is 5.63. The van der Waals surface area contributed by atoms with E-state index in [-0.39, 0.29) is 18.3 Å². The molecular weight excluding hydrogens is 256 g/mol. The fourth-order valence-corrected chi connectivity index (χ4v) is 2.53. The summed E-state index contributed by atoms with van der Waals surface area (Å²) in [4.78, 5) is 11.4. The zero-order chi connectivity index (χ0) is 15.6. The molecule has 0 radical (unpaired) electrons. The van der Waals surface area contributed by atoms with Gasteiger partial charge in [0.05, 0.1) is 24.7 Å². The number of carbonyl (C=O) groups is 1. The van der Waals surface area contributed by atoms with Crippen molar-refractivity contribution in [3.63, 3.8) is 0 Å². The highest BCUT2D eigenvalue weighted by atomic mass is 16.5. The Hall–Kier alpha value is -0.610. The van der Waals surface area contributed by atoms with E-state index in [4.69, 9.17) is 4.74 Å². The molecule has 2 N–H and O–H groups in total. The Balaban J connectivity index is 4.52. The van der Waals surface area contributed by atoms with E-state index in [1.54, 1.807) is 6.92 Å². The monoisotopic (exact) mass is 288 g/mol. The number of rotatable bonds is 11. The van der Waals surface area contributed by atoms with Crippen molar-refractivity contribution < 1.29 is 19.7 Å². The van der Waals surface area contributed by atoms with Crippen LogP contribution in [0, 0.1) is 5.92 Å². The van der Waals surface area contributed by atoms with Gasteiger partial charge in [0, 0.05) is 0 Å². The van der Waals surface area contributed by atoms with Crippen molar-refractivity contribution >= 4 is 5.97 Å². The van der Waals surface area contributed by atoms with E-state index in [2.05, 4.69) is 6.92 Å². The van der Waals surface area contributed by atoms with E-state index in [0.717, 1.165) is 25.7 Å². The standard InChI is InChI=1S/C16H32O4/c1-5-9-10-16(19,7-3)12-13(6-2)14(17)11-15(18)20-8-4/h13-14,17,19H,5-12H2,1-4H3/t13-,14-,16?/m0/s1. The van der Waals surface area contributed by atoms with Gasteiger partial charge in [0.2, 0.25) is 0 Å². The number of aliphatic hydroxyl groups excluding tert-OH is 1. The molecule has 0 aromatic rings. The summed E-state index contributed by atoms with van der Waals surface area (Å²) in [5, 5.41) is 20.8. The Labute approximate surface area is 123 Å². The average Bonchev–Trinajstić information content (AvgIpc) is 2.42. The van der Waals surface area contributed by atoms with Crippen LogP contribution in [-0.2, 0) is 9.53 Å². The highest BCUT2D eigenvalue weighted by Crippen LogP contribution is 2.30. The molecule has 3 atom stereocenters. The van der Waals surface area contributed by atoms with Gasteiger partial charge in [-0.3, -0.25) is 4.79 Å². The van der Waals surface area contributed by atoms with Gasteiger partial charge in [0.15, 0.2) is 0 Å². The third kappa shape index (κ3) is 7.25. The Morgan fingerprint density at radius 1 is 1.25 bits per heavy atom. The van der Waals surface area contributed by atoms with Crippen LogP contribution in [0.25, 0.3) is 0 Å². The van der Waals surface area contributed by atoms with E-state index in [0.29, 0.717) is 19.4 Å². The van der Waals surface area contributed by atoms with Crippen LogP contribution >= 0.6 is 0 Å². The molecule has 0 saturated carbocycles. The molecular formula is C16H32O4.